The van der Waals surface area contributed by atoms with Crippen LogP contribution in [0.1, 0.15) is 38.2 Å². The fourth-order valence-corrected chi connectivity index (χ4v) is 3.84. The Kier molecular flexibility index (Phi) is 5.23. The van der Waals surface area contributed by atoms with Gasteiger partial charge in [-0.05, 0) is 31.7 Å². The highest BCUT2D eigenvalue weighted by atomic mass is 16.7. The molecule has 132 valence electrons. The van der Waals surface area contributed by atoms with Crippen LogP contribution in [0.4, 0.5) is 0 Å². The molecule has 3 rings (SSSR count). The summed E-state index contributed by atoms with van der Waals surface area (Å²) >= 11 is 0. The van der Waals surface area contributed by atoms with E-state index in [1.165, 1.54) is 0 Å². The number of esters is 1. The third kappa shape index (κ3) is 3.34. The Labute approximate surface area is 142 Å². The minimum absolute atomic E-state index is 0.304. The largest absolute Gasteiger partial charge is 0.465 e. The summed E-state index contributed by atoms with van der Waals surface area (Å²) in [6.07, 6.45) is 1.90. The van der Waals surface area contributed by atoms with Gasteiger partial charge in [0.25, 0.3) is 0 Å². The van der Waals surface area contributed by atoms with Gasteiger partial charge in [-0.3, -0.25) is 4.79 Å². The zero-order chi connectivity index (χ0) is 17.0. The van der Waals surface area contributed by atoms with Crippen molar-refractivity contribution in [2.45, 2.75) is 50.9 Å². The van der Waals surface area contributed by atoms with Crippen LogP contribution in [0.2, 0.25) is 0 Å². The van der Waals surface area contributed by atoms with E-state index in [2.05, 4.69) is 0 Å². The van der Waals surface area contributed by atoms with E-state index in [1.807, 2.05) is 30.3 Å². The van der Waals surface area contributed by atoms with Crippen molar-refractivity contribution in [3.63, 3.8) is 0 Å². The Morgan fingerprint density at radius 2 is 1.79 bits per heavy atom. The van der Waals surface area contributed by atoms with E-state index >= 15 is 0 Å². The molecule has 1 aromatic carbocycles. The lowest BCUT2D eigenvalue weighted by atomic mass is 9.67. The monoisotopic (exact) mass is 334 g/mol. The first-order valence-corrected chi connectivity index (χ1v) is 8.77. The number of carbonyl (C=O) groups excluding carboxylic acids is 1. The van der Waals surface area contributed by atoms with Gasteiger partial charge in [0.2, 0.25) is 0 Å². The Balaban J connectivity index is 1.77. The van der Waals surface area contributed by atoms with Crippen molar-refractivity contribution in [2.24, 2.45) is 5.41 Å². The van der Waals surface area contributed by atoms with E-state index in [-0.39, 0.29) is 5.97 Å². The van der Waals surface area contributed by atoms with Gasteiger partial charge in [0.1, 0.15) is 0 Å². The molecule has 1 saturated carbocycles. The van der Waals surface area contributed by atoms with Crippen LogP contribution >= 0.6 is 0 Å². The van der Waals surface area contributed by atoms with E-state index in [0.717, 1.165) is 5.56 Å². The van der Waals surface area contributed by atoms with E-state index in [9.17, 15) is 9.90 Å². The molecule has 1 spiro atoms. The molecular weight excluding hydrogens is 308 g/mol. The lowest BCUT2D eigenvalue weighted by molar-refractivity contribution is -0.209. The molecule has 1 atom stereocenters. The normalized spacial score (nSPS) is 23.1. The Morgan fingerprint density at radius 1 is 1.17 bits per heavy atom. The van der Waals surface area contributed by atoms with Crippen LogP contribution in [-0.4, -0.2) is 42.8 Å². The second-order valence-corrected chi connectivity index (χ2v) is 6.69. The topological polar surface area (TPSA) is 65.0 Å². The van der Waals surface area contributed by atoms with Crippen LogP contribution in [-0.2, 0) is 25.4 Å². The zero-order valence-corrected chi connectivity index (χ0v) is 14.2. The van der Waals surface area contributed by atoms with E-state index in [0.29, 0.717) is 51.9 Å². The summed E-state index contributed by atoms with van der Waals surface area (Å²) in [7, 11) is 0. The van der Waals surface area contributed by atoms with Gasteiger partial charge < -0.3 is 19.3 Å². The lowest BCUT2D eigenvalue weighted by Gasteiger charge is -2.44. The first-order valence-electron chi connectivity index (χ1n) is 8.77. The van der Waals surface area contributed by atoms with Crippen molar-refractivity contribution < 1.29 is 24.1 Å². The highest BCUT2D eigenvalue weighted by Gasteiger charge is 2.54. The summed E-state index contributed by atoms with van der Waals surface area (Å²) in [5.74, 6) is -0.871. The van der Waals surface area contributed by atoms with E-state index in [4.69, 9.17) is 14.2 Å². The predicted molar refractivity (Wildman–Crippen MR) is 88.3 cm³/mol. The van der Waals surface area contributed by atoms with Crippen LogP contribution < -0.4 is 0 Å². The molecule has 5 heteroatoms. The minimum atomic E-state index is -0.883. The fourth-order valence-electron chi connectivity index (χ4n) is 3.84. The number of ether oxygens (including phenoxy) is 3. The van der Waals surface area contributed by atoms with Crippen LogP contribution in [0.5, 0.6) is 0 Å². The quantitative estimate of drug-likeness (QED) is 0.838. The maximum absolute atomic E-state index is 12.7. The molecule has 1 N–H and O–H groups in total. The Morgan fingerprint density at radius 3 is 2.38 bits per heavy atom. The molecule has 0 aromatic heterocycles. The van der Waals surface area contributed by atoms with Crippen LogP contribution in [0.15, 0.2) is 30.3 Å². The molecule has 0 amide bonds. The van der Waals surface area contributed by atoms with Gasteiger partial charge in [0.05, 0.1) is 31.3 Å². The molecule has 1 aromatic rings. The second kappa shape index (κ2) is 7.21. The maximum atomic E-state index is 12.7. The molecule has 1 heterocycles. The molecule has 2 aliphatic rings. The smallest absolute Gasteiger partial charge is 0.314 e. The van der Waals surface area contributed by atoms with Gasteiger partial charge in [0, 0.05) is 12.8 Å². The van der Waals surface area contributed by atoms with Gasteiger partial charge in [-0.2, -0.15) is 0 Å². The van der Waals surface area contributed by atoms with E-state index < -0.39 is 17.3 Å². The standard InChI is InChI=1S/C19H26O5/c1-2-22-17(21)18(16(20)14-15-6-4-3-5-7-15)8-10-19(11-9-18)23-12-13-24-19/h3-7,16,20H,2,8-14H2,1H3. The van der Waals surface area contributed by atoms with Crippen molar-refractivity contribution >= 4 is 5.97 Å². The molecular formula is C19H26O5. The molecule has 5 nitrogen and oxygen atoms in total. The van der Waals surface area contributed by atoms with Gasteiger partial charge in [-0.25, -0.2) is 0 Å². The number of hydrogen-bond donors (Lipinski definition) is 1. The SMILES string of the molecule is CCOC(=O)C1(C(O)Cc2ccccc2)CCC2(CC1)OCCO2. The number of benzene rings is 1. The molecule has 0 bridgehead atoms. The molecule has 1 aliphatic heterocycles. The van der Waals surface area contributed by atoms with Crippen molar-refractivity contribution in [1.29, 1.82) is 0 Å². The molecule has 24 heavy (non-hydrogen) atoms. The second-order valence-electron chi connectivity index (χ2n) is 6.69. The Bertz CT molecular complexity index is 540. The minimum Gasteiger partial charge on any atom is -0.465 e. The summed E-state index contributed by atoms with van der Waals surface area (Å²) in [5, 5.41) is 10.9. The first-order chi connectivity index (χ1) is 11.6. The van der Waals surface area contributed by atoms with Crippen molar-refractivity contribution in [1.82, 2.24) is 0 Å². The summed E-state index contributed by atoms with van der Waals surface area (Å²) in [4.78, 5) is 12.7. The summed E-state index contributed by atoms with van der Waals surface area (Å²) in [5.41, 5.74) is 0.134. The molecule has 0 radical (unpaired) electrons. The van der Waals surface area contributed by atoms with Gasteiger partial charge in [-0.15, -0.1) is 0 Å². The molecule has 1 aliphatic carbocycles. The van der Waals surface area contributed by atoms with E-state index in [1.54, 1.807) is 6.92 Å². The number of carbonyl (C=O) groups is 1. The fraction of sp³-hybridized carbons (Fsp3) is 0.632. The van der Waals surface area contributed by atoms with Gasteiger partial charge in [-0.1, -0.05) is 30.3 Å². The number of hydrogen-bond acceptors (Lipinski definition) is 5. The predicted octanol–water partition coefficient (Wildman–Crippen LogP) is 2.46. The number of rotatable bonds is 5. The van der Waals surface area contributed by atoms with Gasteiger partial charge in [0.15, 0.2) is 5.79 Å². The zero-order valence-electron chi connectivity index (χ0n) is 14.2. The highest BCUT2D eigenvalue weighted by Crippen LogP contribution is 2.48. The average molecular weight is 334 g/mol. The van der Waals surface area contributed by atoms with Crippen LogP contribution in [0, 0.1) is 5.41 Å². The van der Waals surface area contributed by atoms with Crippen molar-refractivity contribution in [3.8, 4) is 0 Å². The average Bonchev–Trinajstić information content (AvgIpc) is 3.05. The molecule has 1 unspecified atom stereocenters. The number of aliphatic hydroxyl groups is 1. The first kappa shape index (κ1) is 17.4. The molecule has 2 fully saturated rings. The third-order valence-electron chi connectivity index (χ3n) is 5.31. The third-order valence-corrected chi connectivity index (χ3v) is 5.31. The highest BCUT2D eigenvalue weighted by molar-refractivity contribution is 5.78. The van der Waals surface area contributed by atoms with Crippen LogP contribution in [0.3, 0.4) is 0 Å². The maximum Gasteiger partial charge on any atom is 0.314 e. The van der Waals surface area contributed by atoms with Crippen molar-refractivity contribution in [2.75, 3.05) is 19.8 Å². The Hall–Kier alpha value is -1.43. The lowest BCUT2D eigenvalue weighted by Crippen LogP contribution is -2.51. The van der Waals surface area contributed by atoms with Gasteiger partial charge >= 0.3 is 5.97 Å². The molecule has 1 saturated heterocycles. The summed E-state index contributed by atoms with van der Waals surface area (Å²) < 4.78 is 16.8. The number of aliphatic hydroxyl groups excluding tert-OH is 1. The summed E-state index contributed by atoms with van der Waals surface area (Å²) in [6.45, 7) is 3.30. The van der Waals surface area contributed by atoms with Crippen molar-refractivity contribution in [3.05, 3.63) is 35.9 Å². The summed E-state index contributed by atoms with van der Waals surface area (Å²) in [6, 6.07) is 9.76. The van der Waals surface area contributed by atoms with Crippen LogP contribution in [0.25, 0.3) is 0 Å².